The van der Waals surface area contributed by atoms with E-state index in [0.717, 1.165) is 36.0 Å². The van der Waals surface area contributed by atoms with Crippen molar-refractivity contribution in [1.82, 2.24) is 5.32 Å². The first-order valence-electron chi connectivity index (χ1n) is 7.04. The normalized spacial score (nSPS) is 17.7. The van der Waals surface area contributed by atoms with Crippen molar-refractivity contribution in [3.63, 3.8) is 0 Å². The maximum absolute atomic E-state index is 13.9. The second-order valence-electron chi connectivity index (χ2n) is 5.47. The molecule has 0 aromatic heterocycles. The number of hydrogen-bond acceptors (Lipinski definition) is 1. The van der Waals surface area contributed by atoms with Gasteiger partial charge < -0.3 is 5.32 Å². The van der Waals surface area contributed by atoms with E-state index < -0.39 is 0 Å². The maximum atomic E-state index is 13.9. The Morgan fingerprint density at radius 2 is 1.62 bits per heavy atom. The third kappa shape index (κ3) is 2.87. The van der Waals surface area contributed by atoms with E-state index in [9.17, 15) is 4.39 Å². The summed E-state index contributed by atoms with van der Waals surface area (Å²) in [5.41, 5.74) is 2.10. The van der Waals surface area contributed by atoms with Crippen molar-refractivity contribution >= 4 is 27.5 Å². The highest BCUT2D eigenvalue weighted by atomic mass is 79.9. The number of hydrogen-bond donors (Lipinski definition) is 1. The maximum Gasteiger partial charge on any atom is 0.142 e. The fraction of sp³-hybridized carbons (Fsp3) is 0.294. The summed E-state index contributed by atoms with van der Waals surface area (Å²) in [6.07, 6.45) is 1.91. The van der Waals surface area contributed by atoms with Gasteiger partial charge in [0.25, 0.3) is 0 Å². The lowest BCUT2D eigenvalue weighted by molar-refractivity contribution is 0.361. The van der Waals surface area contributed by atoms with Crippen molar-refractivity contribution < 1.29 is 4.39 Å². The second-order valence-corrected chi connectivity index (χ2v) is 6.79. The van der Waals surface area contributed by atoms with Crippen LogP contribution >= 0.6 is 27.5 Å². The minimum absolute atomic E-state index is 0.141. The van der Waals surface area contributed by atoms with Crippen LogP contribution in [0.5, 0.6) is 0 Å². The van der Waals surface area contributed by atoms with Crippen LogP contribution < -0.4 is 5.32 Å². The summed E-state index contributed by atoms with van der Waals surface area (Å²) < 4.78 is 15.0. The molecule has 0 spiro atoms. The van der Waals surface area contributed by atoms with Crippen LogP contribution in [0.2, 0.25) is 5.02 Å². The second kappa shape index (κ2) is 6.07. The van der Waals surface area contributed by atoms with E-state index in [2.05, 4.69) is 33.4 Å². The van der Waals surface area contributed by atoms with Crippen LogP contribution in [0.1, 0.15) is 24.0 Å². The number of nitrogens with one attached hydrogen (secondary N) is 1. The molecule has 4 heteroatoms. The zero-order valence-corrected chi connectivity index (χ0v) is 13.8. The Balaban J connectivity index is 2.12. The Morgan fingerprint density at radius 1 is 1.00 bits per heavy atom. The summed E-state index contributed by atoms with van der Waals surface area (Å²) in [7, 11) is 0. The van der Waals surface area contributed by atoms with Gasteiger partial charge in [0.2, 0.25) is 0 Å². The topological polar surface area (TPSA) is 12.0 Å². The van der Waals surface area contributed by atoms with Crippen molar-refractivity contribution in [2.75, 3.05) is 13.1 Å². The first kappa shape index (κ1) is 15.0. The van der Waals surface area contributed by atoms with Gasteiger partial charge in [-0.1, -0.05) is 45.7 Å². The zero-order chi connectivity index (χ0) is 14.9. The van der Waals surface area contributed by atoms with E-state index >= 15 is 0 Å². The van der Waals surface area contributed by atoms with Gasteiger partial charge in [-0.25, -0.2) is 4.39 Å². The van der Waals surface area contributed by atoms with Gasteiger partial charge in [-0.05, 0) is 61.3 Å². The zero-order valence-electron chi connectivity index (χ0n) is 11.5. The summed E-state index contributed by atoms with van der Waals surface area (Å²) in [6, 6.07) is 13.6. The first-order valence-corrected chi connectivity index (χ1v) is 8.21. The van der Waals surface area contributed by atoms with Gasteiger partial charge in [0.15, 0.2) is 0 Å². The highest BCUT2D eigenvalue weighted by Gasteiger charge is 2.36. The highest BCUT2D eigenvalue weighted by Crippen LogP contribution is 2.41. The summed E-state index contributed by atoms with van der Waals surface area (Å²) in [4.78, 5) is 0. The summed E-state index contributed by atoms with van der Waals surface area (Å²) in [5, 5.41) is 3.57. The fourth-order valence-corrected chi connectivity index (χ4v) is 3.54. The van der Waals surface area contributed by atoms with Gasteiger partial charge in [-0.15, -0.1) is 0 Å². The monoisotopic (exact) mass is 367 g/mol. The Morgan fingerprint density at radius 3 is 2.24 bits per heavy atom. The van der Waals surface area contributed by atoms with Gasteiger partial charge >= 0.3 is 0 Å². The van der Waals surface area contributed by atoms with Crippen molar-refractivity contribution in [2.45, 2.75) is 18.3 Å². The van der Waals surface area contributed by atoms with Crippen LogP contribution in [-0.2, 0) is 5.41 Å². The third-order valence-electron chi connectivity index (χ3n) is 4.33. The average molecular weight is 369 g/mol. The van der Waals surface area contributed by atoms with E-state index in [1.54, 1.807) is 12.1 Å². The molecule has 1 N–H and O–H groups in total. The lowest BCUT2D eigenvalue weighted by atomic mass is 9.68. The van der Waals surface area contributed by atoms with Crippen molar-refractivity contribution in [2.24, 2.45) is 0 Å². The molecule has 2 aromatic rings. The van der Waals surface area contributed by atoms with Gasteiger partial charge in [-0.3, -0.25) is 0 Å². The van der Waals surface area contributed by atoms with Crippen molar-refractivity contribution in [1.29, 1.82) is 0 Å². The molecular weight excluding hydrogens is 353 g/mol. The SMILES string of the molecule is Fc1cc(C2(c3ccc(Br)cc3)CCNCC2)ccc1Cl. The third-order valence-corrected chi connectivity index (χ3v) is 5.16. The Bertz CT molecular complexity index is 636. The summed E-state index contributed by atoms with van der Waals surface area (Å²) >= 11 is 9.31. The molecule has 0 radical (unpaired) electrons. The van der Waals surface area contributed by atoms with Crippen molar-refractivity contribution in [3.05, 3.63) is 68.9 Å². The molecule has 1 fully saturated rings. The molecule has 1 aliphatic heterocycles. The summed E-state index contributed by atoms with van der Waals surface area (Å²) in [5.74, 6) is -0.343. The number of rotatable bonds is 2. The molecule has 2 aromatic carbocycles. The molecule has 1 nitrogen and oxygen atoms in total. The van der Waals surface area contributed by atoms with Crippen LogP contribution in [0.3, 0.4) is 0 Å². The van der Waals surface area contributed by atoms with Crippen LogP contribution in [0.25, 0.3) is 0 Å². The molecule has 0 amide bonds. The van der Waals surface area contributed by atoms with Crippen LogP contribution in [0.4, 0.5) is 4.39 Å². The molecule has 1 heterocycles. The molecule has 110 valence electrons. The molecule has 0 saturated carbocycles. The van der Waals surface area contributed by atoms with Crippen LogP contribution in [-0.4, -0.2) is 13.1 Å². The first-order chi connectivity index (χ1) is 10.1. The van der Waals surface area contributed by atoms with Gasteiger partial charge in [0.05, 0.1) is 5.02 Å². The molecule has 1 aliphatic rings. The molecular formula is C17H16BrClFN. The average Bonchev–Trinajstić information content (AvgIpc) is 2.51. The number of halogens is 3. The lowest BCUT2D eigenvalue weighted by Gasteiger charge is -2.39. The van der Waals surface area contributed by atoms with E-state index in [1.165, 1.54) is 5.56 Å². The van der Waals surface area contributed by atoms with E-state index in [1.807, 2.05) is 18.2 Å². The fourth-order valence-electron chi connectivity index (χ4n) is 3.16. The number of benzene rings is 2. The molecule has 0 bridgehead atoms. The van der Waals surface area contributed by atoms with Gasteiger partial charge in [-0.2, -0.15) is 0 Å². The highest BCUT2D eigenvalue weighted by molar-refractivity contribution is 9.10. The smallest absolute Gasteiger partial charge is 0.142 e. The largest absolute Gasteiger partial charge is 0.317 e. The van der Waals surface area contributed by atoms with E-state index in [0.29, 0.717) is 0 Å². The minimum atomic E-state index is -0.343. The summed E-state index contributed by atoms with van der Waals surface area (Å²) in [6.45, 7) is 1.86. The Kier molecular flexibility index (Phi) is 4.34. The van der Waals surface area contributed by atoms with Gasteiger partial charge in [0, 0.05) is 9.89 Å². The predicted octanol–water partition coefficient (Wildman–Crippen LogP) is 4.91. The minimum Gasteiger partial charge on any atom is -0.317 e. The molecule has 1 saturated heterocycles. The lowest BCUT2D eigenvalue weighted by Crippen LogP contribution is -2.40. The Labute approximate surface area is 137 Å². The standard InChI is InChI=1S/C17H16BrClFN/c18-14-4-1-12(2-5-14)17(7-9-21-10-8-17)13-3-6-15(19)16(20)11-13/h1-6,11,21H,7-10H2. The van der Waals surface area contributed by atoms with Gasteiger partial charge in [0.1, 0.15) is 5.82 Å². The number of piperidine rings is 1. The predicted molar refractivity (Wildman–Crippen MR) is 88.4 cm³/mol. The van der Waals surface area contributed by atoms with Crippen LogP contribution in [0.15, 0.2) is 46.9 Å². The van der Waals surface area contributed by atoms with E-state index in [4.69, 9.17) is 11.6 Å². The van der Waals surface area contributed by atoms with E-state index in [-0.39, 0.29) is 16.3 Å². The Hall–Kier alpha value is -0.900. The quantitative estimate of drug-likeness (QED) is 0.794. The van der Waals surface area contributed by atoms with Crippen molar-refractivity contribution in [3.8, 4) is 0 Å². The molecule has 0 unspecified atom stereocenters. The molecule has 0 aliphatic carbocycles. The molecule has 3 rings (SSSR count). The molecule has 0 atom stereocenters. The van der Waals surface area contributed by atoms with Crippen LogP contribution in [0, 0.1) is 5.82 Å². The molecule has 21 heavy (non-hydrogen) atoms.